The first-order valence-electron chi connectivity index (χ1n) is 4.76. The van der Waals surface area contributed by atoms with E-state index in [2.05, 4.69) is 24.2 Å². The maximum Gasteiger partial charge on any atom is 0.0173 e. The number of hydrogen-bond donors (Lipinski definition) is 0. The molecule has 0 spiro atoms. The smallest absolute Gasteiger partial charge is 0.0173 e. The van der Waals surface area contributed by atoms with E-state index in [0.717, 1.165) is 6.54 Å². The van der Waals surface area contributed by atoms with Crippen LogP contribution < -0.4 is 0 Å². The van der Waals surface area contributed by atoms with Crippen LogP contribution in [-0.4, -0.2) is 30.8 Å². The summed E-state index contributed by atoms with van der Waals surface area (Å²) in [6.45, 7) is 5.96. The van der Waals surface area contributed by atoms with Gasteiger partial charge in [-0.3, -0.25) is 4.90 Å². The van der Waals surface area contributed by atoms with Gasteiger partial charge in [-0.15, -0.1) is 11.8 Å². The molecule has 0 radical (unpaired) electrons. The van der Waals surface area contributed by atoms with E-state index >= 15 is 0 Å². The maximum atomic E-state index is 2.54. The summed E-state index contributed by atoms with van der Waals surface area (Å²) >= 11 is 1.85. The predicted molar refractivity (Wildman–Crippen MR) is 57.6 cm³/mol. The van der Waals surface area contributed by atoms with Crippen LogP contribution in [0, 0.1) is 0 Å². The van der Waals surface area contributed by atoms with Gasteiger partial charge in [0.1, 0.15) is 0 Å². The third-order valence-electron chi connectivity index (χ3n) is 2.41. The van der Waals surface area contributed by atoms with Gasteiger partial charge >= 0.3 is 0 Å². The number of piperidine rings is 1. The molecule has 0 atom stereocenters. The van der Waals surface area contributed by atoms with Gasteiger partial charge in [-0.1, -0.05) is 12.5 Å². The number of likely N-dealkylation sites (tertiary alicyclic amines) is 1. The van der Waals surface area contributed by atoms with E-state index in [4.69, 9.17) is 0 Å². The van der Waals surface area contributed by atoms with Crippen molar-refractivity contribution in [3.63, 3.8) is 0 Å². The summed E-state index contributed by atoms with van der Waals surface area (Å²) < 4.78 is 0. The summed E-state index contributed by atoms with van der Waals surface area (Å²) in [4.78, 5) is 3.99. The van der Waals surface area contributed by atoms with Gasteiger partial charge in [0.15, 0.2) is 0 Å². The van der Waals surface area contributed by atoms with Crippen molar-refractivity contribution in [1.82, 2.24) is 4.90 Å². The molecule has 12 heavy (non-hydrogen) atoms. The quantitative estimate of drug-likeness (QED) is 0.665. The van der Waals surface area contributed by atoms with E-state index in [0.29, 0.717) is 0 Å². The summed E-state index contributed by atoms with van der Waals surface area (Å²) in [5, 5.41) is 0. The lowest BCUT2D eigenvalue weighted by Gasteiger charge is -2.25. The fraction of sp³-hybridized carbons (Fsp3) is 0.800. The summed E-state index contributed by atoms with van der Waals surface area (Å²) in [7, 11) is 0. The van der Waals surface area contributed by atoms with Crippen molar-refractivity contribution in [2.45, 2.75) is 26.2 Å². The fourth-order valence-electron chi connectivity index (χ4n) is 1.48. The lowest BCUT2D eigenvalue weighted by atomic mass is 10.1. The molecule has 0 aromatic heterocycles. The van der Waals surface area contributed by atoms with Crippen molar-refractivity contribution >= 4 is 11.8 Å². The van der Waals surface area contributed by atoms with E-state index in [-0.39, 0.29) is 0 Å². The molecule has 0 saturated carbocycles. The number of thioether (sulfide) groups is 1. The summed E-state index contributed by atoms with van der Waals surface area (Å²) in [6, 6.07) is 0. The van der Waals surface area contributed by atoms with Crippen molar-refractivity contribution in [2.24, 2.45) is 0 Å². The van der Waals surface area contributed by atoms with Gasteiger partial charge in [0, 0.05) is 6.54 Å². The van der Waals surface area contributed by atoms with Crippen molar-refractivity contribution in [3.05, 3.63) is 11.0 Å². The Morgan fingerprint density at radius 3 is 2.58 bits per heavy atom. The first kappa shape index (κ1) is 10.1. The first-order chi connectivity index (χ1) is 5.83. The second-order valence-electron chi connectivity index (χ2n) is 3.38. The van der Waals surface area contributed by atoms with Gasteiger partial charge in [0.2, 0.25) is 0 Å². The van der Waals surface area contributed by atoms with Gasteiger partial charge in [-0.25, -0.2) is 0 Å². The van der Waals surface area contributed by atoms with Crippen LogP contribution in [0.3, 0.4) is 0 Å². The molecule has 1 fully saturated rings. The molecule has 0 aromatic rings. The SMILES string of the molecule is CSC(C)=CCN1CCCCC1. The summed E-state index contributed by atoms with van der Waals surface area (Å²) in [5.74, 6) is 0. The zero-order chi connectivity index (χ0) is 8.81. The van der Waals surface area contributed by atoms with Crippen molar-refractivity contribution in [3.8, 4) is 0 Å². The summed E-state index contributed by atoms with van der Waals surface area (Å²) in [5.41, 5.74) is 0. The Morgan fingerprint density at radius 1 is 1.33 bits per heavy atom. The second-order valence-corrected chi connectivity index (χ2v) is 4.43. The Balaban J connectivity index is 2.21. The average molecular weight is 185 g/mol. The zero-order valence-electron chi connectivity index (χ0n) is 8.18. The Labute approximate surface area is 80.2 Å². The minimum atomic E-state index is 1.16. The van der Waals surface area contributed by atoms with Crippen LogP contribution in [0.2, 0.25) is 0 Å². The monoisotopic (exact) mass is 185 g/mol. The highest BCUT2D eigenvalue weighted by molar-refractivity contribution is 8.02. The zero-order valence-corrected chi connectivity index (χ0v) is 8.99. The Kier molecular flexibility index (Phi) is 4.77. The van der Waals surface area contributed by atoms with E-state index < -0.39 is 0 Å². The average Bonchev–Trinajstić information content (AvgIpc) is 2.16. The topological polar surface area (TPSA) is 3.24 Å². The maximum absolute atomic E-state index is 2.54. The molecule has 1 saturated heterocycles. The number of nitrogens with zero attached hydrogens (tertiary/aromatic N) is 1. The van der Waals surface area contributed by atoms with Crippen LogP contribution in [0.4, 0.5) is 0 Å². The van der Waals surface area contributed by atoms with Crippen molar-refractivity contribution in [2.75, 3.05) is 25.9 Å². The molecule has 0 unspecified atom stereocenters. The molecule has 1 heterocycles. The predicted octanol–water partition coefficient (Wildman–Crippen LogP) is 2.74. The van der Waals surface area contributed by atoms with Crippen LogP contribution in [0.15, 0.2) is 11.0 Å². The standard InChI is InChI=1S/C10H19NS/c1-10(12-2)6-9-11-7-4-3-5-8-11/h6H,3-5,7-9H2,1-2H3. The van der Waals surface area contributed by atoms with E-state index in [1.165, 1.54) is 37.3 Å². The molecule has 0 amide bonds. The molecule has 0 aromatic carbocycles. The van der Waals surface area contributed by atoms with E-state index in [1.807, 2.05) is 11.8 Å². The summed E-state index contributed by atoms with van der Waals surface area (Å²) in [6.07, 6.45) is 8.71. The molecule has 1 aliphatic heterocycles. The van der Waals surface area contributed by atoms with Crippen LogP contribution >= 0.6 is 11.8 Å². The molecule has 2 heteroatoms. The van der Waals surface area contributed by atoms with E-state index in [1.54, 1.807) is 0 Å². The van der Waals surface area contributed by atoms with Crippen LogP contribution in [0.1, 0.15) is 26.2 Å². The Hall–Kier alpha value is 0.0500. The number of rotatable bonds is 3. The van der Waals surface area contributed by atoms with Crippen molar-refractivity contribution in [1.29, 1.82) is 0 Å². The van der Waals surface area contributed by atoms with Gasteiger partial charge in [-0.2, -0.15) is 0 Å². The minimum Gasteiger partial charge on any atom is -0.300 e. The molecule has 1 nitrogen and oxygen atoms in total. The highest BCUT2D eigenvalue weighted by atomic mass is 32.2. The molecule has 70 valence electrons. The van der Waals surface area contributed by atoms with Gasteiger partial charge in [0.05, 0.1) is 0 Å². The molecule has 0 aliphatic carbocycles. The lowest BCUT2D eigenvalue weighted by Crippen LogP contribution is -2.29. The molecule has 0 N–H and O–H groups in total. The molecular weight excluding hydrogens is 166 g/mol. The third-order valence-corrected chi connectivity index (χ3v) is 3.22. The Morgan fingerprint density at radius 2 is 2.00 bits per heavy atom. The fourth-order valence-corrected chi connectivity index (χ4v) is 1.72. The second kappa shape index (κ2) is 5.65. The van der Waals surface area contributed by atoms with Crippen LogP contribution in [-0.2, 0) is 0 Å². The van der Waals surface area contributed by atoms with Crippen LogP contribution in [0.5, 0.6) is 0 Å². The highest BCUT2D eigenvalue weighted by Gasteiger charge is 2.07. The molecule has 1 aliphatic rings. The molecule has 1 rings (SSSR count). The van der Waals surface area contributed by atoms with Crippen LogP contribution in [0.25, 0.3) is 0 Å². The third kappa shape index (κ3) is 3.63. The van der Waals surface area contributed by atoms with Crippen molar-refractivity contribution < 1.29 is 0 Å². The lowest BCUT2D eigenvalue weighted by molar-refractivity contribution is 0.251. The molecular formula is C10H19NS. The van der Waals surface area contributed by atoms with Gasteiger partial charge < -0.3 is 0 Å². The van der Waals surface area contributed by atoms with Gasteiger partial charge in [-0.05, 0) is 44.0 Å². The first-order valence-corrected chi connectivity index (χ1v) is 5.98. The number of allylic oxidation sites excluding steroid dienone is 1. The van der Waals surface area contributed by atoms with Gasteiger partial charge in [0.25, 0.3) is 0 Å². The molecule has 0 bridgehead atoms. The number of hydrogen-bond acceptors (Lipinski definition) is 2. The largest absolute Gasteiger partial charge is 0.300 e. The highest BCUT2D eigenvalue weighted by Crippen LogP contribution is 2.12. The Bertz CT molecular complexity index is 148. The minimum absolute atomic E-state index is 1.16. The normalized spacial score (nSPS) is 21.3. The van der Waals surface area contributed by atoms with E-state index in [9.17, 15) is 0 Å².